The van der Waals surface area contributed by atoms with E-state index in [1.807, 2.05) is 36.4 Å². The third-order valence-corrected chi connectivity index (χ3v) is 3.19. The number of phenols is 1. The fraction of sp³-hybridized carbons (Fsp3) is 0.250. The summed E-state index contributed by atoms with van der Waals surface area (Å²) in [6.07, 6.45) is 0. The first-order valence-corrected chi connectivity index (χ1v) is 6.55. The van der Waals surface area contributed by atoms with Gasteiger partial charge in [-0.25, -0.2) is 0 Å². The van der Waals surface area contributed by atoms with E-state index in [2.05, 4.69) is 12.1 Å². The molecule has 3 heteroatoms. The molecule has 2 rings (SSSR count). The molecule has 0 heterocycles. The Bertz CT molecular complexity index is 499. The molecule has 0 fully saturated rings. The van der Waals surface area contributed by atoms with Crippen LogP contribution < -0.4 is 4.90 Å². The van der Waals surface area contributed by atoms with Gasteiger partial charge in [-0.3, -0.25) is 0 Å². The molecule has 0 aliphatic rings. The van der Waals surface area contributed by atoms with Crippen LogP contribution in [0.15, 0.2) is 54.6 Å². The van der Waals surface area contributed by atoms with Crippen LogP contribution in [-0.2, 0) is 13.1 Å². The number of hydrogen-bond acceptors (Lipinski definition) is 2. The van der Waals surface area contributed by atoms with Gasteiger partial charge in [0.1, 0.15) is 25.4 Å². The van der Waals surface area contributed by atoms with Gasteiger partial charge in [0.15, 0.2) is 0 Å². The van der Waals surface area contributed by atoms with Gasteiger partial charge >= 0.3 is 0 Å². The second-order valence-electron chi connectivity index (χ2n) is 4.69. The fourth-order valence-corrected chi connectivity index (χ4v) is 2.21. The standard InChI is InChI=1S/C16H19NO2/c18-11-10-17(12-14-6-2-1-3-7-14)13-15-8-4-5-9-16(15)19/h1-9,18-19H,10-13H2/p+1. The molecule has 0 bridgehead atoms. The highest BCUT2D eigenvalue weighted by atomic mass is 16.3. The molecule has 100 valence electrons. The molecular formula is C16H20NO2+. The summed E-state index contributed by atoms with van der Waals surface area (Å²) in [6.45, 7) is 2.37. The van der Waals surface area contributed by atoms with Gasteiger partial charge in [0.05, 0.1) is 6.61 Å². The van der Waals surface area contributed by atoms with E-state index in [-0.39, 0.29) is 6.61 Å². The molecule has 0 spiro atoms. The van der Waals surface area contributed by atoms with E-state index in [0.29, 0.717) is 18.8 Å². The Morgan fingerprint density at radius 2 is 1.53 bits per heavy atom. The van der Waals surface area contributed by atoms with Gasteiger partial charge in [-0.15, -0.1) is 0 Å². The van der Waals surface area contributed by atoms with Crippen LogP contribution in [0, 0.1) is 0 Å². The molecule has 0 amide bonds. The number of aromatic hydroxyl groups is 1. The lowest BCUT2D eigenvalue weighted by Gasteiger charge is -2.19. The van der Waals surface area contributed by atoms with Gasteiger partial charge < -0.3 is 15.1 Å². The summed E-state index contributed by atoms with van der Waals surface area (Å²) in [5, 5.41) is 19.0. The van der Waals surface area contributed by atoms with Crippen LogP contribution in [0.5, 0.6) is 5.75 Å². The predicted octanol–water partition coefficient (Wildman–Crippen LogP) is 0.970. The number of rotatable bonds is 6. The van der Waals surface area contributed by atoms with Crippen LogP contribution in [0.2, 0.25) is 0 Å². The minimum atomic E-state index is 0.149. The van der Waals surface area contributed by atoms with Gasteiger partial charge in [0.25, 0.3) is 0 Å². The van der Waals surface area contributed by atoms with Crippen LogP contribution >= 0.6 is 0 Å². The number of hydrogen-bond donors (Lipinski definition) is 3. The normalized spacial score (nSPS) is 12.3. The van der Waals surface area contributed by atoms with E-state index >= 15 is 0 Å². The van der Waals surface area contributed by atoms with Crippen molar-refractivity contribution in [2.75, 3.05) is 13.2 Å². The molecule has 0 aliphatic heterocycles. The number of phenolic OH excluding ortho intramolecular Hbond substituents is 1. The number of para-hydroxylation sites is 1. The predicted molar refractivity (Wildman–Crippen MR) is 74.9 cm³/mol. The molecule has 2 aromatic rings. The van der Waals surface area contributed by atoms with Crippen molar-refractivity contribution in [1.82, 2.24) is 0 Å². The molecule has 2 aromatic carbocycles. The lowest BCUT2D eigenvalue weighted by atomic mass is 10.1. The summed E-state index contributed by atoms with van der Waals surface area (Å²) in [5.74, 6) is 0.325. The molecule has 0 aliphatic carbocycles. The lowest BCUT2D eigenvalue weighted by Crippen LogP contribution is -3.09. The minimum absolute atomic E-state index is 0.149. The van der Waals surface area contributed by atoms with Crippen LogP contribution in [0.4, 0.5) is 0 Å². The average molecular weight is 258 g/mol. The van der Waals surface area contributed by atoms with E-state index in [0.717, 1.165) is 12.1 Å². The highest BCUT2D eigenvalue weighted by Gasteiger charge is 2.12. The van der Waals surface area contributed by atoms with Crippen molar-refractivity contribution < 1.29 is 15.1 Å². The smallest absolute Gasteiger partial charge is 0.124 e. The highest BCUT2D eigenvalue weighted by Crippen LogP contribution is 2.14. The lowest BCUT2D eigenvalue weighted by molar-refractivity contribution is -0.927. The second kappa shape index (κ2) is 6.92. The summed E-state index contributed by atoms with van der Waals surface area (Å²) in [6, 6.07) is 17.6. The Balaban J connectivity index is 2.06. The molecule has 0 radical (unpaired) electrons. The van der Waals surface area contributed by atoms with Gasteiger partial charge in [-0.1, -0.05) is 42.5 Å². The molecule has 3 nitrogen and oxygen atoms in total. The summed E-state index contributed by atoms with van der Waals surface area (Å²) in [4.78, 5) is 1.23. The van der Waals surface area contributed by atoms with Crippen LogP contribution in [-0.4, -0.2) is 23.4 Å². The Labute approximate surface area is 113 Å². The minimum Gasteiger partial charge on any atom is -0.507 e. The van der Waals surface area contributed by atoms with Gasteiger partial charge in [0, 0.05) is 11.1 Å². The maximum Gasteiger partial charge on any atom is 0.124 e. The number of quaternary nitrogens is 1. The third kappa shape index (κ3) is 4.09. The molecule has 1 unspecified atom stereocenters. The quantitative estimate of drug-likeness (QED) is 0.723. The van der Waals surface area contributed by atoms with Gasteiger partial charge in [-0.2, -0.15) is 0 Å². The fourth-order valence-electron chi connectivity index (χ4n) is 2.21. The maximum atomic E-state index is 9.82. The molecule has 0 saturated carbocycles. The van der Waals surface area contributed by atoms with Crippen molar-refractivity contribution in [2.45, 2.75) is 13.1 Å². The molecule has 19 heavy (non-hydrogen) atoms. The molecule has 3 N–H and O–H groups in total. The molecule has 0 aromatic heterocycles. The van der Waals surface area contributed by atoms with Crippen molar-refractivity contribution in [2.24, 2.45) is 0 Å². The summed E-state index contributed by atoms with van der Waals surface area (Å²) in [5.41, 5.74) is 2.16. The first-order valence-electron chi connectivity index (χ1n) is 6.55. The Hall–Kier alpha value is -1.84. The van der Waals surface area contributed by atoms with Crippen molar-refractivity contribution in [3.63, 3.8) is 0 Å². The highest BCUT2D eigenvalue weighted by molar-refractivity contribution is 5.30. The first kappa shape index (κ1) is 13.6. The van der Waals surface area contributed by atoms with E-state index in [4.69, 9.17) is 0 Å². The zero-order valence-electron chi connectivity index (χ0n) is 10.9. The maximum absolute atomic E-state index is 9.82. The summed E-state index contributed by atoms with van der Waals surface area (Å²) in [7, 11) is 0. The number of benzene rings is 2. The Morgan fingerprint density at radius 3 is 2.21 bits per heavy atom. The van der Waals surface area contributed by atoms with Gasteiger partial charge in [-0.05, 0) is 12.1 Å². The van der Waals surface area contributed by atoms with Crippen molar-refractivity contribution in [3.05, 3.63) is 65.7 Å². The van der Waals surface area contributed by atoms with Crippen LogP contribution in [0.25, 0.3) is 0 Å². The number of aliphatic hydroxyl groups is 1. The van der Waals surface area contributed by atoms with Crippen LogP contribution in [0.3, 0.4) is 0 Å². The van der Waals surface area contributed by atoms with Gasteiger partial charge in [0.2, 0.25) is 0 Å². The topological polar surface area (TPSA) is 44.9 Å². The van der Waals surface area contributed by atoms with Crippen molar-refractivity contribution in [1.29, 1.82) is 0 Å². The summed E-state index contributed by atoms with van der Waals surface area (Å²) >= 11 is 0. The number of aliphatic hydroxyl groups excluding tert-OH is 1. The first-order chi connectivity index (χ1) is 9.29. The SMILES string of the molecule is OCC[NH+](Cc1ccccc1)Cc1ccccc1O. The summed E-state index contributed by atoms with van der Waals surface area (Å²) < 4.78 is 0. The monoisotopic (exact) mass is 258 g/mol. The molecular weight excluding hydrogens is 238 g/mol. The van der Waals surface area contributed by atoms with Crippen molar-refractivity contribution in [3.8, 4) is 5.75 Å². The van der Waals surface area contributed by atoms with E-state index < -0.39 is 0 Å². The number of nitrogens with one attached hydrogen (secondary N) is 1. The third-order valence-electron chi connectivity index (χ3n) is 3.19. The Morgan fingerprint density at radius 1 is 0.842 bits per heavy atom. The largest absolute Gasteiger partial charge is 0.507 e. The zero-order valence-corrected chi connectivity index (χ0v) is 10.9. The zero-order chi connectivity index (χ0) is 13.5. The van der Waals surface area contributed by atoms with E-state index in [9.17, 15) is 10.2 Å². The Kier molecular flexibility index (Phi) is 4.95. The molecule has 1 atom stereocenters. The van der Waals surface area contributed by atoms with Crippen molar-refractivity contribution >= 4 is 0 Å². The second-order valence-corrected chi connectivity index (χ2v) is 4.69. The average Bonchev–Trinajstić information content (AvgIpc) is 2.43. The van der Waals surface area contributed by atoms with Crippen LogP contribution in [0.1, 0.15) is 11.1 Å². The van der Waals surface area contributed by atoms with E-state index in [1.54, 1.807) is 6.07 Å². The van der Waals surface area contributed by atoms with E-state index in [1.165, 1.54) is 10.5 Å². The molecule has 0 saturated heterocycles.